The van der Waals surface area contributed by atoms with Crippen LogP contribution in [0.4, 0.5) is 5.69 Å². The summed E-state index contributed by atoms with van der Waals surface area (Å²) in [6.07, 6.45) is 1.77. The normalized spacial score (nSPS) is 10.5. The molecule has 2 rings (SSSR count). The van der Waals surface area contributed by atoms with Crippen LogP contribution in [0.3, 0.4) is 0 Å². The van der Waals surface area contributed by atoms with E-state index in [1.807, 2.05) is 37.3 Å². The van der Waals surface area contributed by atoms with Crippen LogP contribution < -0.4 is 11.3 Å². The summed E-state index contributed by atoms with van der Waals surface area (Å²) in [4.78, 5) is 11.9. The fraction of sp³-hybridized carbons (Fsp3) is 0.154. The van der Waals surface area contributed by atoms with Gasteiger partial charge in [-0.05, 0) is 25.1 Å². The predicted molar refractivity (Wildman–Crippen MR) is 73.1 cm³/mol. The Morgan fingerprint density at radius 1 is 1.29 bits per heavy atom. The number of benzene rings is 1. The lowest BCUT2D eigenvalue weighted by atomic mass is 10.2. The van der Waals surface area contributed by atoms with Crippen LogP contribution in [0.2, 0.25) is 0 Å². The molecule has 0 spiro atoms. The number of nitrogens with two attached hydrogens (primary N) is 1. The second-order valence-corrected chi connectivity index (χ2v) is 4.79. The number of aromatic nitrogens is 1. The summed E-state index contributed by atoms with van der Waals surface area (Å²) in [5, 5.41) is 0. The average molecular weight is 293 g/mol. The molecule has 1 aromatic carbocycles. The quantitative estimate of drug-likeness (QED) is 0.865. The molecule has 1 aromatic heterocycles. The van der Waals surface area contributed by atoms with Crippen LogP contribution in [0, 0.1) is 6.92 Å². The maximum Gasteiger partial charge on any atom is 0.253 e. The van der Waals surface area contributed by atoms with Crippen molar-refractivity contribution in [1.82, 2.24) is 4.57 Å². The zero-order valence-corrected chi connectivity index (χ0v) is 11.1. The van der Waals surface area contributed by atoms with Gasteiger partial charge in [-0.2, -0.15) is 0 Å². The summed E-state index contributed by atoms with van der Waals surface area (Å²) in [5.41, 5.74) is 8.28. The largest absolute Gasteiger partial charge is 0.398 e. The Morgan fingerprint density at radius 3 is 2.76 bits per heavy atom. The number of pyridine rings is 1. The first-order valence-electron chi connectivity index (χ1n) is 5.28. The highest BCUT2D eigenvalue weighted by Gasteiger charge is 2.06. The van der Waals surface area contributed by atoms with E-state index in [1.54, 1.807) is 10.8 Å². The van der Waals surface area contributed by atoms with E-state index in [2.05, 4.69) is 15.9 Å². The van der Waals surface area contributed by atoms with Crippen molar-refractivity contribution in [1.29, 1.82) is 0 Å². The molecule has 2 aromatic rings. The standard InChI is InChI=1S/C13H13BrN2O/c1-9-4-3-7-16(13(9)17)8-10-11(14)5-2-6-12(10)15/h2-7H,8,15H2,1H3. The SMILES string of the molecule is Cc1cccn(Cc2c(N)cccc2Br)c1=O. The molecule has 0 unspecified atom stereocenters. The van der Waals surface area contributed by atoms with Crippen LogP contribution in [-0.2, 0) is 6.54 Å². The maximum absolute atomic E-state index is 11.9. The van der Waals surface area contributed by atoms with Gasteiger partial charge in [0.05, 0.1) is 6.54 Å². The van der Waals surface area contributed by atoms with Crippen molar-refractivity contribution in [3.05, 3.63) is 62.5 Å². The zero-order valence-electron chi connectivity index (χ0n) is 9.48. The number of hydrogen-bond donors (Lipinski definition) is 1. The first-order valence-corrected chi connectivity index (χ1v) is 6.08. The Bertz CT molecular complexity index is 584. The highest BCUT2D eigenvalue weighted by atomic mass is 79.9. The molecule has 2 N–H and O–H groups in total. The number of anilines is 1. The number of rotatable bonds is 2. The van der Waals surface area contributed by atoms with Crippen molar-refractivity contribution >= 4 is 21.6 Å². The molecule has 0 radical (unpaired) electrons. The van der Waals surface area contributed by atoms with Gasteiger partial charge in [0.15, 0.2) is 0 Å². The van der Waals surface area contributed by atoms with E-state index < -0.39 is 0 Å². The smallest absolute Gasteiger partial charge is 0.253 e. The van der Waals surface area contributed by atoms with Crippen molar-refractivity contribution in [3.8, 4) is 0 Å². The molecule has 0 fully saturated rings. The Hall–Kier alpha value is -1.55. The van der Waals surface area contributed by atoms with Gasteiger partial charge >= 0.3 is 0 Å². The molecule has 88 valence electrons. The lowest BCUT2D eigenvalue weighted by Crippen LogP contribution is -2.22. The molecule has 0 atom stereocenters. The highest BCUT2D eigenvalue weighted by molar-refractivity contribution is 9.10. The molecular formula is C13H13BrN2O. The third-order valence-corrected chi connectivity index (χ3v) is 3.44. The third kappa shape index (κ3) is 2.42. The highest BCUT2D eigenvalue weighted by Crippen LogP contribution is 2.22. The molecule has 0 aliphatic carbocycles. The molecule has 0 aliphatic heterocycles. The van der Waals surface area contributed by atoms with Gasteiger partial charge in [-0.25, -0.2) is 0 Å². The number of aryl methyl sites for hydroxylation is 1. The van der Waals surface area contributed by atoms with E-state index in [1.165, 1.54) is 0 Å². The lowest BCUT2D eigenvalue weighted by Gasteiger charge is -2.10. The summed E-state index contributed by atoms with van der Waals surface area (Å²) < 4.78 is 2.58. The van der Waals surface area contributed by atoms with Crippen molar-refractivity contribution in [2.75, 3.05) is 5.73 Å². The van der Waals surface area contributed by atoms with Crippen molar-refractivity contribution < 1.29 is 0 Å². The van der Waals surface area contributed by atoms with Crippen LogP contribution in [0.15, 0.2) is 45.8 Å². The minimum absolute atomic E-state index is 0.0163. The molecule has 17 heavy (non-hydrogen) atoms. The second-order valence-electron chi connectivity index (χ2n) is 3.93. The van der Waals surface area contributed by atoms with Crippen LogP contribution in [0.25, 0.3) is 0 Å². The fourth-order valence-corrected chi connectivity index (χ4v) is 2.20. The Labute approximate surface area is 108 Å². The van der Waals surface area contributed by atoms with E-state index in [0.717, 1.165) is 15.6 Å². The van der Waals surface area contributed by atoms with Crippen LogP contribution in [-0.4, -0.2) is 4.57 Å². The van der Waals surface area contributed by atoms with Crippen LogP contribution in [0.5, 0.6) is 0 Å². The van der Waals surface area contributed by atoms with Crippen LogP contribution in [0.1, 0.15) is 11.1 Å². The van der Waals surface area contributed by atoms with Crippen molar-refractivity contribution in [2.45, 2.75) is 13.5 Å². The summed E-state index contributed by atoms with van der Waals surface area (Å²) in [6.45, 7) is 2.29. The Morgan fingerprint density at radius 2 is 2.06 bits per heavy atom. The summed E-state index contributed by atoms with van der Waals surface area (Å²) in [5.74, 6) is 0. The molecule has 4 heteroatoms. The minimum Gasteiger partial charge on any atom is -0.398 e. The average Bonchev–Trinajstić information content (AvgIpc) is 2.29. The Kier molecular flexibility index (Phi) is 3.33. The van der Waals surface area contributed by atoms with Gasteiger partial charge in [0, 0.05) is 27.5 Å². The third-order valence-electron chi connectivity index (χ3n) is 2.69. The maximum atomic E-state index is 11.9. The number of nitrogen functional groups attached to an aromatic ring is 1. The van der Waals surface area contributed by atoms with Gasteiger partial charge in [0.1, 0.15) is 0 Å². The summed E-state index contributed by atoms with van der Waals surface area (Å²) in [6, 6.07) is 9.31. The predicted octanol–water partition coefficient (Wildman–Crippen LogP) is 2.55. The molecular weight excluding hydrogens is 280 g/mol. The van der Waals surface area contributed by atoms with Gasteiger partial charge in [-0.1, -0.05) is 28.1 Å². The molecule has 3 nitrogen and oxygen atoms in total. The molecule has 1 heterocycles. The van der Waals surface area contributed by atoms with Gasteiger partial charge in [0.2, 0.25) is 0 Å². The van der Waals surface area contributed by atoms with Crippen LogP contribution >= 0.6 is 15.9 Å². The topological polar surface area (TPSA) is 48.0 Å². The Balaban J connectivity index is 2.45. The fourth-order valence-electron chi connectivity index (χ4n) is 1.69. The minimum atomic E-state index is 0.0163. The monoisotopic (exact) mass is 292 g/mol. The molecule has 0 bridgehead atoms. The van der Waals surface area contributed by atoms with Crippen molar-refractivity contribution in [2.24, 2.45) is 0 Å². The number of halogens is 1. The number of nitrogens with zero attached hydrogens (tertiary/aromatic N) is 1. The van der Waals surface area contributed by atoms with Gasteiger partial charge < -0.3 is 10.3 Å². The summed E-state index contributed by atoms with van der Waals surface area (Å²) in [7, 11) is 0. The van der Waals surface area contributed by atoms with E-state index in [9.17, 15) is 4.79 Å². The van der Waals surface area contributed by atoms with Gasteiger partial charge in [-0.3, -0.25) is 4.79 Å². The van der Waals surface area contributed by atoms with Gasteiger partial charge in [0.25, 0.3) is 5.56 Å². The van der Waals surface area contributed by atoms with E-state index in [-0.39, 0.29) is 5.56 Å². The second kappa shape index (κ2) is 4.75. The first kappa shape index (κ1) is 11.9. The van der Waals surface area contributed by atoms with Gasteiger partial charge in [-0.15, -0.1) is 0 Å². The van der Waals surface area contributed by atoms with Crippen molar-refractivity contribution in [3.63, 3.8) is 0 Å². The summed E-state index contributed by atoms with van der Waals surface area (Å²) >= 11 is 3.45. The molecule has 0 saturated heterocycles. The zero-order chi connectivity index (χ0) is 12.4. The van der Waals surface area contributed by atoms with E-state index >= 15 is 0 Å². The van der Waals surface area contributed by atoms with E-state index in [4.69, 9.17) is 5.73 Å². The molecule has 0 amide bonds. The molecule has 0 saturated carbocycles. The first-order chi connectivity index (χ1) is 8.09. The number of hydrogen-bond acceptors (Lipinski definition) is 2. The lowest BCUT2D eigenvalue weighted by molar-refractivity contribution is 0.751. The molecule has 0 aliphatic rings. The van der Waals surface area contributed by atoms with E-state index in [0.29, 0.717) is 12.2 Å².